The van der Waals surface area contributed by atoms with Crippen molar-refractivity contribution in [2.45, 2.75) is 6.92 Å². The predicted octanol–water partition coefficient (Wildman–Crippen LogP) is 2.37. The van der Waals surface area contributed by atoms with Crippen LogP contribution in [-0.2, 0) is 0 Å². The molecule has 0 aromatic carbocycles. The molecule has 0 aromatic rings. The van der Waals surface area contributed by atoms with Crippen LogP contribution in [0.5, 0.6) is 0 Å². The molecule has 0 heterocycles. The topological polar surface area (TPSA) is 0 Å². The van der Waals surface area contributed by atoms with Gasteiger partial charge in [-0.25, -0.2) is 0 Å². The summed E-state index contributed by atoms with van der Waals surface area (Å²) in [6, 6.07) is 0. The summed E-state index contributed by atoms with van der Waals surface area (Å²) in [4.78, 5) is 0. The minimum Gasteiger partial charge on any atom is -0.0610 e. The van der Waals surface area contributed by atoms with Crippen LogP contribution in [0.2, 0.25) is 0 Å². The van der Waals surface area contributed by atoms with E-state index < -0.39 is 0 Å². The van der Waals surface area contributed by atoms with Crippen LogP contribution in [-0.4, -0.2) is 0 Å². The minimum absolute atomic E-state index is 1.36. The average Bonchev–Trinajstić information content (AvgIpc) is 2.22. The summed E-state index contributed by atoms with van der Waals surface area (Å²) in [5.41, 5.74) is 4.10. The van der Waals surface area contributed by atoms with E-state index in [4.69, 9.17) is 0 Å². The van der Waals surface area contributed by atoms with E-state index >= 15 is 0 Å². The number of fused-ring (bicyclic) bond motifs is 1. The standard InChI is InChI=1S/C9H8/c1-7-5-8-3-2-4-9(8)6-7/h2-6H,1H3. The average molecular weight is 116 g/mol. The van der Waals surface area contributed by atoms with Crippen molar-refractivity contribution in [1.29, 1.82) is 0 Å². The summed E-state index contributed by atoms with van der Waals surface area (Å²) in [5.74, 6) is 0. The van der Waals surface area contributed by atoms with Gasteiger partial charge in [-0.15, -0.1) is 0 Å². The Kier molecular flexibility index (Phi) is 0.786. The molecule has 0 saturated heterocycles. The molecule has 0 atom stereocenters. The highest BCUT2D eigenvalue weighted by atomic mass is 14.1. The van der Waals surface area contributed by atoms with E-state index in [-0.39, 0.29) is 0 Å². The van der Waals surface area contributed by atoms with Crippen LogP contribution in [0.15, 0.2) is 47.1 Å². The quantitative estimate of drug-likeness (QED) is 0.455. The molecule has 0 nitrogen and oxygen atoms in total. The molecule has 2 aliphatic carbocycles. The zero-order chi connectivity index (χ0) is 6.27. The van der Waals surface area contributed by atoms with E-state index in [0.717, 1.165) is 0 Å². The van der Waals surface area contributed by atoms with Crippen LogP contribution >= 0.6 is 0 Å². The lowest BCUT2D eigenvalue weighted by Crippen LogP contribution is -1.67. The lowest BCUT2D eigenvalue weighted by atomic mass is 10.2. The van der Waals surface area contributed by atoms with Crippen LogP contribution in [0, 0.1) is 0 Å². The molecule has 0 unspecified atom stereocenters. The first-order chi connectivity index (χ1) is 4.36. The number of hydrogen-bond donors (Lipinski definition) is 0. The van der Waals surface area contributed by atoms with Crippen molar-refractivity contribution in [3.8, 4) is 0 Å². The highest BCUT2D eigenvalue weighted by molar-refractivity contribution is 5.61. The molecule has 0 N–H and O–H groups in total. The molecule has 0 bridgehead atoms. The Hall–Kier alpha value is -1.04. The van der Waals surface area contributed by atoms with E-state index in [2.05, 4.69) is 37.3 Å². The van der Waals surface area contributed by atoms with E-state index in [1.165, 1.54) is 16.7 Å². The second kappa shape index (κ2) is 1.47. The molecule has 9 heavy (non-hydrogen) atoms. The van der Waals surface area contributed by atoms with Crippen molar-refractivity contribution in [1.82, 2.24) is 0 Å². The summed E-state index contributed by atoms with van der Waals surface area (Å²) in [7, 11) is 0. The zero-order valence-electron chi connectivity index (χ0n) is 5.39. The summed E-state index contributed by atoms with van der Waals surface area (Å²) in [5, 5.41) is 0. The first-order valence-electron chi connectivity index (χ1n) is 3.15. The van der Waals surface area contributed by atoms with E-state index in [1.54, 1.807) is 0 Å². The number of allylic oxidation sites excluding steroid dienone is 8. The maximum Gasteiger partial charge on any atom is -0.0181 e. The van der Waals surface area contributed by atoms with Crippen molar-refractivity contribution in [3.63, 3.8) is 0 Å². The molecule has 0 aliphatic heterocycles. The van der Waals surface area contributed by atoms with Gasteiger partial charge in [0, 0.05) is 0 Å². The van der Waals surface area contributed by atoms with E-state index in [0.29, 0.717) is 0 Å². The first kappa shape index (κ1) is 4.80. The van der Waals surface area contributed by atoms with E-state index in [9.17, 15) is 0 Å². The Morgan fingerprint density at radius 1 is 1.11 bits per heavy atom. The van der Waals surface area contributed by atoms with Crippen molar-refractivity contribution >= 4 is 0 Å². The predicted molar refractivity (Wildman–Crippen MR) is 39.1 cm³/mol. The molecular formula is C9H8. The van der Waals surface area contributed by atoms with Crippen LogP contribution in [0.3, 0.4) is 0 Å². The highest BCUT2D eigenvalue weighted by Gasteiger charge is 2.08. The molecule has 0 amide bonds. The Morgan fingerprint density at radius 2 is 2.00 bits per heavy atom. The number of hydrogen-bond acceptors (Lipinski definition) is 0. The van der Waals surface area contributed by atoms with Gasteiger partial charge < -0.3 is 0 Å². The second-order valence-corrected chi connectivity index (χ2v) is 2.47. The lowest BCUT2D eigenvalue weighted by Gasteiger charge is -1.85. The third kappa shape index (κ3) is 0.595. The van der Waals surface area contributed by atoms with Crippen LogP contribution < -0.4 is 0 Å². The van der Waals surface area contributed by atoms with Gasteiger partial charge in [0.25, 0.3) is 0 Å². The molecular weight excluding hydrogens is 108 g/mol. The summed E-state index contributed by atoms with van der Waals surface area (Å²) < 4.78 is 0. The van der Waals surface area contributed by atoms with Crippen molar-refractivity contribution in [2.24, 2.45) is 0 Å². The molecule has 2 aliphatic rings. The Labute approximate surface area is 54.9 Å². The Morgan fingerprint density at radius 3 is 2.78 bits per heavy atom. The van der Waals surface area contributed by atoms with Gasteiger partial charge in [0.05, 0.1) is 0 Å². The third-order valence-corrected chi connectivity index (χ3v) is 1.65. The molecule has 2 rings (SSSR count). The maximum atomic E-state index is 2.20. The van der Waals surface area contributed by atoms with Crippen molar-refractivity contribution in [3.05, 3.63) is 47.1 Å². The van der Waals surface area contributed by atoms with Crippen LogP contribution in [0.25, 0.3) is 0 Å². The summed E-state index contributed by atoms with van der Waals surface area (Å²) in [6.45, 7) is 2.12. The molecule has 0 fully saturated rings. The fourth-order valence-electron chi connectivity index (χ4n) is 1.24. The summed E-state index contributed by atoms with van der Waals surface area (Å²) >= 11 is 0. The van der Waals surface area contributed by atoms with Gasteiger partial charge >= 0.3 is 0 Å². The van der Waals surface area contributed by atoms with Crippen molar-refractivity contribution in [2.75, 3.05) is 0 Å². The normalized spacial score (nSPS) is 21.2. The third-order valence-electron chi connectivity index (χ3n) is 1.65. The van der Waals surface area contributed by atoms with Crippen LogP contribution in [0.1, 0.15) is 6.92 Å². The summed E-state index contributed by atoms with van der Waals surface area (Å²) in [6.07, 6.45) is 10.8. The van der Waals surface area contributed by atoms with Gasteiger partial charge in [0.2, 0.25) is 0 Å². The zero-order valence-corrected chi connectivity index (χ0v) is 5.39. The van der Waals surface area contributed by atoms with Gasteiger partial charge in [-0.05, 0) is 23.6 Å². The van der Waals surface area contributed by atoms with E-state index in [1.807, 2.05) is 0 Å². The monoisotopic (exact) mass is 116 g/mol. The molecule has 0 saturated carbocycles. The molecule has 44 valence electrons. The minimum atomic E-state index is 1.36. The molecule has 0 aromatic heterocycles. The smallest absolute Gasteiger partial charge is 0.0181 e. The Balaban J connectivity index is 2.53. The van der Waals surface area contributed by atoms with Crippen molar-refractivity contribution < 1.29 is 0 Å². The van der Waals surface area contributed by atoms with Gasteiger partial charge in [-0.1, -0.05) is 30.4 Å². The number of rotatable bonds is 0. The molecule has 0 radical (unpaired) electrons. The van der Waals surface area contributed by atoms with Gasteiger partial charge in [-0.3, -0.25) is 0 Å². The second-order valence-electron chi connectivity index (χ2n) is 2.47. The molecule has 0 heteroatoms. The van der Waals surface area contributed by atoms with Gasteiger partial charge in [0.15, 0.2) is 0 Å². The fourth-order valence-corrected chi connectivity index (χ4v) is 1.24. The van der Waals surface area contributed by atoms with Gasteiger partial charge in [0.1, 0.15) is 0 Å². The Bertz CT molecular complexity index is 260. The first-order valence-corrected chi connectivity index (χ1v) is 3.15. The maximum absolute atomic E-state index is 2.20. The largest absolute Gasteiger partial charge is 0.0610 e. The SMILES string of the molecule is CC1=CC2=CC=CC2=C1. The van der Waals surface area contributed by atoms with Crippen LogP contribution in [0.4, 0.5) is 0 Å². The highest BCUT2D eigenvalue weighted by Crippen LogP contribution is 2.27. The fraction of sp³-hybridized carbons (Fsp3) is 0.111. The molecule has 0 spiro atoms. The lowest BCUT2D eigenvalue weighted by molar-refractivity contribution is 1.56. The van der Waals surface area contributed by atoms with Gasteiger partial charge in [-0.2, -0.15) is 0 Å².